The van der Waals surface area contributed by atoms with Crippen molar-refractivity contribution in [3.63, 3.8) is 0 Å². The number of nitrogens with two attached hydrogens (primary N) is 1. The van der Waals surface area contributed by atoms with E-state index in [-0.39, 0.29) is 18.6 Å². The predicted molar refractivity (Wildman–Crippen MR) is 104 cm³/mol. The zero-order valence-electron chi connectivity index (χ0n) is 16.0. The molecule has 7 nitrogen and oxygen atoms in total. The van der Waals surface area contributed by atoms with Crippen molar-refractivity contribution >= 4 is 11.8 Å². The molecule has 2 rings (SSSR count). The molecule has 0 fully saturated rings. The van der Waals surface area contributed by atoms with Crippen molar-refractivity contribution in [2.45, 2.75) is 33.4 Å². The maximum absolute atomic E-state index is 12.3. The van der Waals surface area contributed by atoms with Gasteiger partial charge in [-0.15, -0.1) is 0 Å². The minimum Gasteiger partial charge on any atom is -0.461 e. The van der Waals surface area contributed by atoms with Crippen LogP contribution in [0, 0.1) is 5.92 Å². The molecule has 27 heavy (non-hydrogen) atoms. The van der Waals surface area contributed by atoms with Gasteiger partial charge in [0.25, 0.3) is 5.68 Å². The lowest BCUT2D eigenvalue weighted by Gasteiger charge is -2.14. The Bertz CT molecular complexity index is 865. The fraction of sp³-hybridized carbons (Fsp3) is 0.350. The second-order valence-corrected chi connectivity index (χ2v) is 6.09. The molecule has 7 heteroatoms. The van der Waals surface area contributed by atoms with Crippen LogP contribution in [0.2, 0.25) is 0 Å². The van der Waals surface area contributed by atoms with Crippen molar-refractivity contribution in [3.8, 4) is 0 Å². The first-order valence-electron chi connectivity index (χ1n) is 8.85. The highest BCUT2D eigenvalue weighted by Gasteiger charge is 2.19. The molecule has 2 aromatic rings. The van der Waals surface area contributed by atoms with Gasteiger partial charge in [-0.1, -0.05) is 43.8 Å². The summed E-state index contributed by atoms with van der Waals surface area (Å²) in [6, 6.07) is 9.55. The first kappa shape index (κ1) is 20.2. The molecule has 0 saturated carbocycles. The van der Waals surface area contributed by atoms with Gasteiger partial charge in [-0.05, 0) is 19.4 Å². The van der Waals surface area contributed by atoms with Crippen molar-refractivity contribution in [3.05, 3.63) is 66.3 Å². The average Bonchev–Trinajstić information content (AvgIpc) is 3.04. The van der Waals surface area contributed by atoms with Gasteiger partial charge in [-0.2, -0.15) is 0 Å². The van der Waals surface area contributed by atoms with E-state index in [2.05, 4.69) is 16.6 Å². The lowest BCUT2D eigenvalue weighted by Crippen LogP contribution is -2.31. The number of hydrogen-bond acceptors (Lipinski definition) is 5. The van der Waals surface area contributed by atoms with E-state index in [1.165, 1.54) is 12.5 Å². The number of hydrogen-bond donors (Lipinski definition) is 1. The fourth-order valence-electron chi connectivity index (χ4n) is 2.48. The summed E-state index contributed by atoms with van der Waals surface area (Å²) < 4.78 is 12.4. The Balaban J connectivity index is 2.44. The number of nitrogens with zero attached hydrogens (tertiary/aromatic N) is 3. The molecule has 0 aliphatic heterocycles. The van der Waals surface area contributed by atoms with Gasteiger partial charge in [-0.25, -0.2) is 14.8 Å². The SMILES string of the molecule is C=CN=C(N)C(C)C(C)N=c1occ(C(=O)OCC)n1Cc1ccccc1. The van der Waals surface area contributed by atoms with Crippen LogP contribution in [-0.4, -0.2) is 29.0 Å². The van der Waals surface area contributed by atoms with Gasteiger partial charge < -0.3 is 14.9 Å². The molecule has 0 amide bonds. The van der Waals surface area contributed by atoms with Gasteiger partial charge in [0.05, 0.1) is 19.2 Å². The highest BCUT2D eigenvalue weighted by molar-refractivity contribution is 5.87. The topological polar surface area (TPSA) is 95.1 Å². The minimum absolute atomic E-state index is 0.121. The molecular formula is C20H26N4O3. The van der Waals surface area contributed by atoms with Crippen LogP contribution < -0.4 is 11.4 Å². The third kappa shape index (κ3) is 5.20. The number of esters is 1. The van der Waals surface area contributed by atoms with Crippen LogP contribution in [0.5, 0.6) is 0 Å². The number of benzene rings is 1. The van der Waals surface area contributed by atoms with Crippen LogP contribution in [0.4, 0.5) is 0 Å². The van der Waals surface area contributed by atoms with E-state index in [4.69, 9.17) is 14.9 Å². The summed E-state index contributed by atoms with van der Waals surface area (Å²) in [6.45, 7) is 9.87. The first-order valence-corrected chi connectivity index (χ1v) is 8.85. The highest BCUT2D eigenvalue weighted by atomic mass is 16.5. The highest BCUT2D eigenvalue weighted by Crippen LogP contribution is 2.09. The van der Waals surface area contributed by atoms with E-state index < -0.39 is 5.97 Å². The maximum Gasteiger partial charge on any atom is 0.358 e. The third-order valence-electron chi connectivity index (χ3n) is 4.21. The minimum atomic E-state index is -0.452. The lowest BCUT2D eigenvalue weighted by atomic mass is 10.0. The number of rotatable bonds is 8. The normalized spacial score (nSPS) is 14.6. The van der Waals surface area contributed by atoms with Gasteiger partial charge in [0.1, 0.15) is 12.1 Å². The number of carbonyl (C=O) groups is 1. The van der Waals surface area contributed by atoms with Crippen LogP contribution in [-0.2, 0) is 11.3 Å². The van der Waals surface area contributed by atoms with Crippen molar-refractivity contribution in [1.29, 1.82) is 0 Å². The summed E-state index contributed by atoms with van der Waals surface area (Å²) in [5.74, 6) is -0.135. The third-order valence-corrected chi connectivity index (χ3v) is 4.21. The van der Waals surface area contributed by atoms with Crippen molar-refractivity contribution < 1.29 is 13.9 Å². The Morgan fingerprint density at radius 3 is 2.70 bits per heavy atom. The molecule has 2 unspecified atom stereocenters. The Kier molecular flexibility index (Phi) is 7.16. The van der Waals surface area contributed by atoms with E-state index in [9.17, 15) is 4.79 Å². The molecule has 0 saturated heterocycles. The average molecular weight is 370 g/mol. The van der Waals surface area contributed by atoms with Crippen LogP contribution in [0.15, 0.2) is 63.8 Å². The van der Waals surface area contributed by atoms with E-state index in [1.807, 2.05) is 44.2 Å². The van der Waals surface area contributed by atoms with Gasteiger partial charge in [0.2, 0.25) is 0 Å². The molecule has 1 aromatic carbocycles. The molecule has 0 spiro atoms. The number of aliphatic imine (C=N–C) groups is 1. The van der Waals surface area contributed by atoms with Crippen LogP contribution in [0.25, 0.3) is 0 Å². The van der Waals surface area contributed by atoms with Gasteiger partial charge in [0.15, 0.2) is 5.69 Å². The molecular weight excluding hydrogens is 344 g/mol. The Hall–Kier alpha value is -3.09. The molecule has 2 N–H and O–H groups in total. The predicted octanol–water partition coefficient (Wildman–Crippen LogP) is 2.73. The summed E-state index contributed by atoms with van der Waals surface area (Å²) in [5, 5.41) is 0. The molecule has 0 radical (unpaired) electrons. The molecule has 2 atom stereocenters. The summed E-state index contributed by atoms with van der Waals surface area (Å²) in [4.78, 5) is 20.9. The maximum atomic E-state index is 12.3. The zero-order valence-corrected chi connectivity index (χ0v) is 16.0. The number of aromatic nitrogens is 1. The Morgan fingerprint density at radius 1 is 1.37 bits per heavy atom. The molecule has 1 aromatic heterocycles. The largest absolute Gasteiger partial charge is 0.461 e. The quantitative estimate of drug-likeness (QED) is 0.439. The molecule has 144 valence electrons. The molecule has 1 heterocycles. The van der Waals surface area contributed by atoms with Crippen LogP contribution in [0.1, 0.15) is 36.8 Å². The summed E-state index contributed by atoms with van der Waals surface area (Å²) in [7, 11) is 0. The lowest BCUT2D eigenvalue weighted by molar-refractivity contribution is 0.0513. The standard InChI is InChI=1S/C20H26N4O3/c1-5-22-18(21)14(3)15(4)23-20-24(12-16-10-8-7-9-11-16)17(13-27-20)19(25)26-6-2/h5,7-11,13-15H,1,6,12H2,2-4H3,(H2,21,22). The number of oxazole rings is 1. The first-order chi connectivity index (χ1) is 13.0. The van der Waals surface area contributed by atoms with E-state index in [0.717, 1.165) is 5.56 Å². The van der Waals surface area contributed by atoms with E-state index >= 15 is 0 Å². The van der Waals surface area contributed by atoms with Crippen molar-refractivity contribution in [2.24, 2.45) is 21.6 Å². The molecule has 0 aliphatic rings. The van der Waals surface area contributed by atoms with Gasteiger partial charge in [-0.3, -0.25) is 4.57 Å². The van der Waals surface area contributed by atoms with Crippen LogP contribution in [0.3, 0.4) is 0 Å². The summed E-state index contributed by atoms with van der Waals surface area (Å²) >= 11 is 0. The monoisotopic (exact) mass is 370 g/mol. The fourth-order valence-corrected chi connectivity index (χ4v) is 2.48. The Morgan fingerprint density at radius 2 is 2.07 bits per heavy atom. The Labute approximate surface area is 158 Å². The second kappa shape index (κ2) is 9.56. The zero-order chi connectivity index (χ0) is 19.8. The summed E-state index contributed by atoms with van der Waals surface area (Å²) in [6.07, 6.45) is 2.78. The number of ether oxygens (including phenoxy) is 1. The second-order valence-electron chi connectivity index (χ2n) is 6.09. The van der Waals surface area contributed by atoms with Crippen LogP contribution >= 0.6 is 0 Å². The molecule has 0 aliphatic carbocycles. The molecule has 0 bridgehead atoms. The van der Waals surface area contributed by atoms with Crippen molar-refractivity contribution in [2.75, 3.05) is 6.61 Å². The summed E-state index contributed by atoms with van der Waals surface area (Å²) in [5.41, 5.74) is 7.60. The van der Waals surface area contributed by atoms with Gasteiger partial charge in [0, 0.05) is 12.1 Å². The van der Waals surface area contributed by atoms with Gasteiger partial charge >= 0.3 is 5.97 Å². The van der Waals surface area contributed by atoms with Crippen molar-refractivity contribution in [1.82, 2.24) is 4.57 Å². The smallest absolute Gasteiger partial charge is 0.358 e. The van der Waals surface area contributed by atoms with E-state index in [1.54, 1.807) is 11.5 Å². The number of carbonyl (C=O) groups excluding carboxylic acids is 1. The number of amidine groups is 1. The van der Waals surface area contributed by atoms with E-state index in [0.29, 0.717) is 23.8 Å².